The summed E-state index contributed by atoms with van der Waals surface area (Å²) in [6, 6.07) is -0.423. The SMILES string of the molecule is O=C(O)C1CC(O)CCC1C(=O)NC1CCC(S(=O)(=O)C2CCC(NC(=O)C3CCC(O)CC3C(=O)O)CC2)CC1. The number of rotatable bonds is 8. The van der Waals surface area contributed by atoms with Crippen molar-refractivity contribution < 1.29 is 48.0 Å². The number of aliphatic carboxylic acids is 2. The van der Waals surface area contributed by atoms with E-state index in [9.17, 15) is 48.0 Å². The summed E-state index contributed by atoms with van der Waals surface area (Å²) in [5, 5.41) is 43.4. The first-order chi connectivity index (χ1) is 19.4. The summed E-state index contributed by atoms with van der Waals surface area (Å²) in [5.41, 5.74) is 0. The van der Waals surface area contributed by atoms with Gasteiger partial charge in [-0.2, -0.15) is 0 Å². The third-order valence-corrected chi connectivity index (χ3v) is 12.7. The summed E-state index contributed by atoms with van der Waals surface area (Å²) < 4.78 is 26.9. The number of carbonyl (C=O) groups is 4. The van der Waals surface area contributed by atoms with Gasteiger partial charge in [0.2, 0.25) is 11.8 Å². The Morgan fingerprint density at radius 1 is 0.512 bits per heavy atom. The maximum Gasteiger partial charge on any atom is 0.307 e. The molecular weight excluding hydrogens is 556 g/mol. The van der Waals surface area contributed by atoms with Crippen LogP contribution in [0.3, 0.4) is 0 Å². The molecule has 0 radical (unpaired) electrons. The molecule has 2 amide bonds. The predicted octanol–water partition coefficient (Wildman–Crippen LogP) is 0.980. The summed E-state index contributed by atoms with van der Waals surface area (Å²) in [5.74, 6) is -6.11. The Labute approximate surface area is 240 Å². The number of carboxylic acids is 2. The zero-order chi connectivity index (χ0) is 29.9. The highest BCUT2D eigenvalue weighted by atomic mass is 32.2. The van der Waals surface area contributed by atoms with Crippen LogP contribution in [-0.2, 0) is 29.0 Å². The van der Waals surface area contributed by atoms with Crippen LogP contribution in [0.25, 0.3) is 0 Å². The third-order valence-electron chi connectivity index (χ3n) is 9.92. The van der Waals surface area contributed by atoms with Gasteiger partial charge in [0, 0.05) is 12.1 Å². The van der Waals surface area contributed by atoms with Crippen LogP contribution in [0.15, 0.2) is 0 Å². The summed E-state index contributed by atoms with van der Waals surface area (Å²) in [6.45, 7) is 0. The van der Waals surface area contributed by atoms with Crippen LogP contribution < -0.4 is 10.6 Å². The molecule has 0 heterocycles. The van der Waals surface area contributed by atoms with E-state index >= 15 is 0 Å². The summed E-state index contributed by atoms with van der Waals surface area (Å²) in [4.78, 5) is 48.9. The Bertz CT molecular complexity index is 1000. The third kappa shape index (κ3) is 7.59. The number of carbonyl (C=O) groups excluding carboxylic acids is 2. The van der Waals surface area contributed by atoms with Crippen LogP contribution in [0.1, 0.15) is 89.9 Å². The van der Waals surface area contributed by atoms with Crippen molar-refractivity contribution in [2.75, 3.05) is 0 Å². The Morgan fingerprint density at radius 2 is 0.854 bits per heavy atom. The molecule has 4 aliphatic carbocycles. The lowest BCUT2D eigenvalue weighted by Gasteiger charge is -2.36. The predicted molar refractivity (Wildman–Crippen MR) is 146 cm³/mol. The highest BCUT2D eigenvalue weighted by Gasteiger charge is 2.43. The Morgan fingerprint density at radius 3 is 1.17 bits per heavy atom. The molecule has 232 valence electrons. The average molecular weight is 601 g/mol. The van der Waals surface area contributed by atoms with E-state index in [-0.39, 0.29) is 36.7 Å². The number of aliphatic hydroxyl groups excluding tert-OH is 2. The lowest BCUT2D eigenvalue weighted by atomic mass is 9.77. The molecule has 0 aliphatic heterocycles. The molecule has 4 fully saturated rings. The molecule has 4 saturated carbocycles. The minimum Gasteiger partial charge on any atom is -0.481 e. The van der Waals surface area contributed by atoms with Gasteiger partial charge < -0.3 is 31.1 Å². The van der Waals surface area contributed by atoms with Gasteiger partial charge in [-0.05, 0) is 89.9 Å². The number of hydrogen-bond donors (Lipinski definition) is 6. The number of nitrogens with one attached hydrogen (secondary N) is 2. The van der Waals surface area contributed by atoms with E-state index in [4.69, 9.17) is 0 Å². The van der Waals surface area contributed by atoms with Crippen molar-refractivity contribution in [1.82, 2.24) is 10.6 Å². The molecule has 4 aliphatic rings. The van der Waals surface area contributed by atoms with Crippen molar-refractivity contribution in [3.05, 3.63) is 0 Å². The molecule has 41 heavy (non-hydrogen) atoms. The Hall–Kier alpha value is -2.25. The molecule has 6 N–H and O–H groups in total. The Balaban J connectivity index is 1.23. The fourth-order valence-corrected chi connectivity index (χ4v) is 9.83. The smallest absolute Gasteiger partial charge is 0.307 e. The van der Waals surface area contributed by atoms with Crippen molar-refractivity contribution in [3.63, 3.8) is 0 Å². The van der Waals surface area contributed by atoms with Crippen molar-refractivity contribution in [1.29, 1.82) is 0 Å². The standard InChI is InChI=1S/C28H44N2O10S/c31-17-5-11-21(23(13-17)27(35)36)25(33)29-15-1-7-19(8-2-15)41(39,40)20-9-3-16(4-10-20)30-26(34)22-12-6-18(32)14-24(22)28(37)38/h15-24,31-32H,1-14H2,(H,29,33)(H,30,34)(H,35,36)(H,37,38). The molecule has 0 aromatic carbocycles. The van der Waals surface area contributed by atoms with Gasteiger partial charge >= 0.3 is 11.9 Å². The second kappa shape index (κ2) is 13.4. The normalized spacial score (nSPS) is 38.4. The average Bonchev–Trinajstić information content (AvgIpc) is 2.93. The minimum absolute atomic E-state index is 0.0535. The molecule has 13 heteroatoms. The lowest BCUT2D eigenvalue weighted by Crippen LogP contribution is -2.49. The monoisotopic (exact) mass is 600 g/mol. The number of amides is 2. The first-order valence-corrected chi connectivity index (χ1v) is 16.6. The molecule has 6 atom stereocenters. The van der Waals surface area contributed by atoms with Crippen LogP contribution in [0.4, 0.5) is 0 Å². The quantitative estimate of drug-likeness (QED) is 0.233. The summed E-state index contributed by atoms with van der Waals surface area (Å²) in [7, 11) is -3.42. The molecule has 0 aromatic heterocycles. The molecule has 0 aromatic rings. The van der Waals surface area contributed by atoms with Gasteiger partial charge in [-0.3, -0.25) is 19.2 Å². The zero-order valence-corrected chi connectivity index (χ0v) is 24.1. The first kappa shape index (κ1) is 31.7. The molecule has 12 nitrogen and oxygen atoms in total. The zero-order valence-electron chi connectivity index (χ0n) is 23.3. The topological polar surface area (TPSA) is 207 Å². The van der Waals surface area contributed by atoms with E-state index in [1.165, 1.54) is 0 Å². The number of aliphatic hydroxyl groups is 2. The maximum absolute atomic E-state index is 13.4. The summed E-state index contributed by atoms with van der Waals surface area (Å²) in [6.07, 6.45) is 3.69. The van der Waals surface area contributed by atoms with Crippen LogP contribution in [0, 0.1) is 23.7 Å². The van der Waals surface area contributed by atoms with Crippen molar-refractivity contribution in [2.24, 2.45) is 23.7 Å². The van der Waals surface area contributed by atoms with E-state index in [1.54, 1.807) is 0 Å². The van der Waals surface area contributed by atoms with Crippen molar-refractivity contribution in [2.45, 2.75) is 125 Å². The molecule has 0 spiro atoms. The van der Waals surface area contributed by atoms with Gasteiger partial charge in [0.05, 0.1) is 46.4 Å². The number of hydrogen-bond acceptors (Lipinski definition) is 8. The second-order valence-corrected chi connectivity index (χ2v) is 15.1. The minimum atomic E-state index is -3.42. The molecule has 6 unspecified atom stereocenters. The van der Waals surface area contributed by atoms with E-state index < -0.39 is 68.2 Å². The maximum atomic E-state index is 13.4. The van der Waals surface area contributed by atoms with E-state index in [0.29, 0.717) is 77.0 Å². The molecule has 0 saturated heterocycles. The fraction of sp³-hybridized carbons (Fsp3) is 0.857. The van der Waals surface area contributed by atoms with Gasteiger partial charge in [-0.1, -0.05) is 0 Å². The largest absolute Gasteiger partial charge is 0.481 e. The van der Waals surface area contributed by atoms with E-state index in [2.05, 4.69) is 10.6 Å². The number of sulfone groups is 1. The first-order valence-electron chi connectivity index (χ1n) is 15.0. The van der Waals surface area contributed by atoms with E-state index in [1.807, 2.05) is 0 Å². The van der Waals surface area contributed by atoms with E-state index in [0.717, 1.165) is 0 Å². The fourth-order valence-electron chi connectivity index (χ4n) is 7.43. The van der Waals surface area contributed by atoms with Gasteiger partial charge in [0.15, 0.2) is 9.84 Å². The van der Waals surface area contributed by atoms with Gasteiger partial charge in [-0.15, -0.1) is 0 Å². The second-order valence-electron chi connectivity index (χ2n) is 12.6. The summed E-state index contributed by atoms with van der Waals surface area (Å²) >= 11 is 0. The van der Waals surface area contributed by atoms with Crippen molar-refractivity contribution in [3.8, 4) is 0 Å². The van der Waals surface area contributed by atoms with Gasteiger partial charge in [-0.25, -0.2) is 8.42 Å². The van der Waals surface area contributed by atoms with Crippen LogP contribution in [-0.4, -0.2) is 87.4 Å². The molecular formula is C28H44N2O10S. The van der Waals surface area contributed by atoms with Crippen LogP contribution in [0.2, 0.25) is 0 Å². The lowest BCUT2D eigenvalue weighted by molar-refractivity contribution is -0.151. The molecule has 0 bridgehead atoms. The van der Waals surface area contributed by atoms with Gasteiger partial charge in [0.25, 0.3) is 0 Å². The van der Waals surface area contributed by atoms with Crippen LogP contribution in [0.5, 0.6) is 0 Å². The number of carboxylic acid groups (broad SMARTS) is 2. The molecule has 4 rings (SSSR count). The highest BCUT2D eigenvalue weighted by Crippen LogP contribution is 2.35. The van der Waals surface area contributed by atoms with Crippen LogP contribution >= 0.6 is 0 Å². The highest BCUT2D eigenvalue weighted by molar-refractivity contribution is 7.92. The van der Waals surface area contributed by atoms with Crippen molar-refractivity contribution >= 4 is 33.6 Å². The van der Waals surface area contributed by atoms with Gasteiger partial charge in [0.1, 0.15) is 0 Å². The Kier molecular flexibility index (Phi) is 10.3.